The molecule has 0 unspecified atom stereocenters. The van der Waals surface area contributed by atoms with Crippen LogP contribution in [0.25, 0.3) is 0 Å². The van der Waals surface area contributed by atoms with E-state index in [1.165, 1.54) is 0 Å². The van der Waals surface area contributed by atoms with Crippen molar-refractivity contribution in [1.82, 2.24) is 4.90 Å². The van der Waals surface area contributed by atoms with Crippen LogP contribution in [-0.2, 0) is 9.53 Å². The van der Waals surface area contributed by atoms with Crippen molar-refractivity contribution in [2.24, 2.45) is 0 Å². The van der Waals surface area contributed by atoms with Crippen molar-refractivity contribution in [3.63, 3.8) is 0 Å². The van der Waals surface area contributed by atoms with Gasteiger partial charge in [-0.15, -0.1) is 0 Å². The molecule has 2 aliphatic rings. The van der Waals surface area contributed by atoms with Crippen molar-refractivity contribution in [1.29, 1.82) is 0 Å². The lowest BCUT2D eigenvalue weighted by Crippen LogP contribution is -2.37. The molecule has 0 aromatic heterocycles. The summed E-state index contributed by atoms with van der Waals surface area (Å²) in [7, 11) is 0. The first kappa shape index (κ1) is 10.4. The monoisotopic (exact) mass is 211 g/mol. The average molecular weight is 211 g/mol. The Kier molecular flexibility index (Phi) is 3.16. The topological polar surface area (TPSA) is 29.5 Å². The Bertz CT molecular complexity index is 323. The van der Waals surface area contributed by atoms with Crippen molar-refractivity contribution in [3.05, 3.63) is 23.6 Å². The molecule has 1 amide bonds. The van der Waals surface area contributed by atoms with Crippen molar-refractivity contribution in [2.45, 2.75) is 12.8 Å². The maximum atomic E-state index is 13.0. The first-order chi connectivity index (χ1) is 7.27. The van der Waals surface area contributed by atoms with Crippen LogP contribution in [0.2, 0.25) is 0 Å². The first-order valence-corrected chi connectivity index (χ1v) is 5.18. The summed E-state index contributed by atoms with van der Waals surface area (Å²) in [6.07, 6.45) is 4.59. The third-order valence-corrected chi connectivity index (χ3v) is 2.63. The van der Waals surface area contributed by atoms with Gasteiger partial charge in [0.25, 0.3) is 0 Å². The fraction of sp³-hybridized carbons (Fsp3) is 0.545. The lowest BCUT2D eigenvalue weighted by Gasteiger charge is -2.26. The third kappa shape index (κ3) is 2.45. The van der Waals surface area contributed by atoms with Gasteiger partial charge in [-0.25, -0.2) is 4.39 Å². The highest BCUT2D eigenvalue weighted by Gasteiger charge is 2.22. The Morgan fingerprint density at radius 2 is 2.33 bits per heavy atom. The highest BCUT2D eigenvalue weighted by molar-refractivity contribution is 5.93. The largest absolute Gasteiger partial charge is 0.377 e. The molecule has 0 bridgehead atoms. The van der Waals surface area contributed by atoms with Gasteiger partial charge in [-0.2, -0.15) is 0 Å². The zero-order chi connectivity index (χ0) is 10.7. The van der Waals surface area contributed by atoms with Crippen LogP contribution < -0.4 is 0 Å². The van der Waals surface area contributed by atoms with Crippen LogP contribution in [0.1, 0.15) is 12.8 Å². The van der Waals surface area contributed by atoms with Gasteiger partial charge in [0.1, 0.15) is 5.83 Å². The zero-order valence-electron chi connectivity index (χ0n) is 8.54. The minimum absolute atomic E-state index is 0.0402. The molecule has 82 valence electrons. The summed E-state index contributed by atoms with van der Waals surface area (Å²) in [6, 6.07) is 0. The van der Waals surface area contributed by atoms with Crippen LogP contribution in [-0.4, -0.2) is 37.1 Å². The van der Waals surface area contributed by atoms with Crippen molar-refractivity contribution in [3.8, 4) is 0 Å². The molecule has 4 heteroatoms. The maximum absolute atomic E-state index is 13.0. The van der Waals surface area contributed by atoms with Gasteiger partial charge < -0.3 is 9.64 Å². The number of nitrogens with zero attached hydrogens (tertiary/aromatic N) is 1. The fourth-order valence-corrected chi connectivity index (χ4v) is 1.80. The molecule has 0 fully saturated rings. The number of carbonyl (C=O) groups is 1. The van der Waals surface area contributed by atoms with Crippen molar-refractivity contribution in [2.75, 3.05) is 26.3 Å². The molecule has 0 spiro atoms. The summed E-state index contributed by atoms with van der Waals surface area (Å²) < 4.78 is 18.1. The van der Waals surface area contributed by atoms with E-state index < -0.39 is 0 Å². The highest BCUT2D eigenvalue weighted by atomic mass is 19.1. The van der Waals surface area contributed by atoms with Gasteiger partial charge in [-0.05, 0) is 12.5 Å². The molecule has 0 saturated heterocycles. The van der Waals surface area contributed by atoms with Crippen LogP contribution in [0.4, 0.5) is 4.39 Å². The van der Waals surface area contributed by atoms with Crippen molar-refractivity contribution >= 4 is 5.91 Å². The average Bonchev–Trinajstić information content (AvgIpc) is 2.29. The molecule has 0 atom stereocenters. The Labute approximate surface area is 88.2 Å². The molecular weight excluding hydrogens is 197 g/mol. The van der Waals surface area contributed by atoms with E-state index in [0.717, 1.165) is 5.57 Å². The zero-order valence-corrected chi connectivity index (χ0v) is 8.54. The van der Waals surface area contributed by atoms with Gasteiger partial charge >= 0.3 is 0 Å². The van der Waals surface area contributed by atoms with Crippen LogP contribution in [0.3, 0.4) is 0 Å². The van der Waals surface area contributed by atoms with Gasteiger partial charge in [-0.3, -0.25) is 4.79 Å². The predicted molar refractivity (Wildman–Crippen MR) is 53.9 cm³/mol. The van der Waals surface area contributed by atoms with E-state index in [-0.39, 0.29) is 18.3 Å². The van der Waals surface area contributed by atoms with Gasteiger partial charge in [0.05, 0.1) is 19.8 Å². The molecule has 2 rings (SSSR count). The molecule has 0 N–H and O–H groups in total. The van der Waals surface area contributed by atoms with E-state index in [9.17, 15) is 9.18 Å². The summed E-state index contributed by atoms with van der Waals surface area (Å²) in [5.41, 5.74) is 0.760. The normalized spacial score (nSPS) is 22.1. The standard InChI is InChI=1S/C11H14FNO2/c12-10-2-1-5-13(8-10)11(14)9-3-6-15-7-4-9/h2-3H,1,4-8H2. The van der Waals surface area contributed by atoms with Gasteiger partial charge in [0.2, 0.25) is 5.91 Å². The quantitative estimate of drug-likeness (QED) is 0.656. The number of hydrogen-bond donors (Lipinski definition) is 0. The van der Waals surface area contributed by atoms with E-state index in [0.29, 0.717) is 32.6 Å². The van der Waals surface area contributed by atoms with Gasteiger partial charge in [0, 0.05) is 18.5 Å². The summed E-state index contributed by atoms with van der Waals surface area (Å²) in [5, 5.41) is 0. The van der Waals surface area contributed by atoms with Crippen LogP contribution in [0.15, 0.2) is 23.6 Å². The lowest BCUT2D eigenvalue weighted by atomic mass is 10.1. The molecule has 15 heavy (non-hydrogen) atoms. The molecule has 0 saturated carbocycles. The SMILES string of the molecule is O=C(C1=CCOCC1)N1CCC=C(F)C1. The number of carbonyl (C=O) groups excluding carboxylic acids is 1. The Hall–Kier alpha value is -1.16. The second-order valence-corrected chi connectivity index (χ2v) is 3.72. The maximum Gasteiger partial charge on any atom is 0.250 e. The Morgan fingerprint density at radius 3 is 3.00 bits per heavy atom. The van der Waals surface area contributed by atoms with E-state index >= 15 is 0 Å². The molecule has 0 radical (unpaired) electrons. The van der Waals surface area contributed by atoms with E-state index in [1.807, 2.05) is 0 Å². The van der Waals surface area contributed by atoms with E-state index in [4.69, 9.17) is 4.74 Å². The van der Waals surface area contributed by atoms with E-state index in [2.05, 4.69) is 0 Å². The summed E-state index contributed by atoms with van der Waals surface area (Å²) in [6.45, 7) is 1.82. The second kappa shape index (κ2) is 4.57. The van der Waals surface area contributed by atoms with Crippen LogP contribution in [0, 0.1) is 0 Å². The Balaban J connectivity index is 2.01. The van der Waals surface area contributed by atoms with Gasteiger partial charge in [0.15, 0.2) is 0 Å². The fourth-order valence-electron chi connectivity index (χ4n) is 1.80. The Morgan fingerprint density at radius 1 is 1.47 bits per heavy atom. The van der Waals surface area contributed by atoms with Gasteiger partial charge in [-0.1, -0.05) is 6.08 Å². The molecule has 2 heterocycles. The minimum Gasteiger partial charge on any atom is -0.377 e. The molecular formula is C11H14FNO2. The number of hydrogen-bond acceptors (Lipinski definition) is 2. The predicted octanol–water partition coefficient (Wildman–Crippen LogP) is 1.42. The number of amides is 1. The second-order valence-electron chi connectivity index (χ2n) is 3.72. The lowest BCUT2D eigenvalue weighted by molar-refractivity contribution is -0.127. The third-order valence-electron chi connectivity index (χ3n) is 2.63. The molecule has 0 aliphatic carbocycles. The minimum atomic E-state index is -0.206. The molecule has 3 nitrogen and oxygen atoms in total. The summed E-state index contributed by atoms with van der Waals surface area (Å²) >= 11 is 0. The number of rotatable bonds is 1. The smallest absolute Gasteiger partial charge is 0.250 e. The van der Waals surface area contributed by atoms with Crippen molar-refractivity contribution < 1.29 is 13.9 Å². The molecule has 0 aromatic carbocycles. The van der Waals surface area contributed by atoms with Crippen LogP contribution in [0.5, 0.6) is 0 Å². The highest BCUT2D eigenvalue weighted by Crippen LogP contribution is 2.16. The molecule has 0 aromatic rings. The number of halogens is 1. The summed E-state index contributed by atoms with van der Waals surface area (Å²) in [4.78, 5) is 13.5. The van der Waals surface area contributed by atoms with E-state index in [1.54, 1.807) is 17.1 Å². The summed E-state index contributed by atoms with van der Waals surface area (Å²) in [5.74, 6) is -0.246. The van der Waals surface area contributed by atoms with Crippen LogP contribution >= 0.6 is 0 Å². The number of ether oxygens (including phenoxy) is 1. The molecule has 2 aliphatic heterocycles. The first-order valence-electron chi connectivity index (χ1n) is 5.18.